The Hall–Kier alpha value is -2.27. The molecule has 0 saturated heterocycles. The van der Waals surface area contributed by atoms with E-state index in [1.807, 2.05) is 25.1 Å². The van der Waals surface area contributed by atoms with Gasteiger partial charge in [-0.05, 0) is 36.8 Å². The van der Waals surface area contributed by atoms with Crippen molar-refractivity contribution in [2.24, 2.45) is 0 Å². The van der Waals surface area contributed by atoms with Crippen molar-refractivity contribution in [2.75, 3.05) is 0 Å². The Morgan fingerprint density at radius 2 is 2.10 bits per heavy atom. The van der Waals surface area contributed by atoms with Gasteiger partial charge in [0.2, 0.25) is 0 Å². The highest BCUT2D eigenvalue weighted by Crippen LogP contribution is 2.37. The average molecular weight is 301 g/mol. The second-order valence-corrected chi connectivity index (χ2v) is 5.73. The number of carbonyl (C=O) groups excluding carboxylic acids is 1. The minimum Gasteiger partial charge on any atom is -0.426 e. The van der Waals surface area contributed by atoms with Crippen molar-refractivity contribution in [3.8, 4) is 16.3 Å². The Bertz CT molecular complexity index is 841. The number of aromatic nitrogens is 1. The largest absolute Gasteiger partial charge is 0.426 e. The summed E-state index contributed by atoms with van der Waals surface area (Å²) < 4.78 is 20.2. The Kier molecular flexibility index (Phi) is 3.43. The maximum atomic E-state index is 14.2. The zero-order valence-corrected chi connectivity index (χ0v) is 12.3. The standard InChI is InChI=1S/C16H12FNO2S/c1-9-6-7-14-12(8-9)18-16(21-14)15-11(17)4-3-5-13(15)20-10(2)19/h3-8H,1-2H3. The lowest BCUT2D eigenvalue weighted by Crippen LogP contribution is -2.03. The predicted molar refractivity (Wildman–Crippen MR) is 81.1 cm³/mol. The third-order valence-corrected chi connectivity index (χ3v) is 4.04. The van der Waals surface area contributed by atoms with Crippen molar-refractivity contribution in [3.63, 3.8) is 0 Å². The number of carbonyl (C=O) groups is 1. The first-order valence-electron chi connectivity index (χ1n) is 6.39. The van der Waals surface area contributed by atoms with Crippen molar-refractivity contribution in [3.05, 3.63) is 47.8 Å². The lowest BCUT2D eigenvalue weighted by Gasteiger charge is -2.07. The van der Waals surface area contributed by atoms with Gasteiger partial charge in [0, 0.05) is 6.92 Å². The molecule has 2 aromatic carbocycles. The molecule has 106 valence electrons. The first-order chi connectivity index (χ1) is 10.0. The molecule has 3 aromatic rings. The van der Waals surface area contributed by atoms with Crippen molar-refractivity contribution < 1.29 is 13.9 Å². The van der Waals surface area contributed by atoms with Gasteiger partial charge in [-0.15, -0.1) is 11.3 Å². The molecule has 21 heavy (non-hydrogen) atoms. The van der Waals surface area contributed by atoms with Gasteiger partial charge in [0.05, 0.1) is 15.8 Å². The van der Waals surface area contributed by atoms with E-state index in [-0.39, 0.29) is 11.3 Å². The summed E-state index contributed by atoms with van der Waals surface area (Å²) in [5.74, 6) is -0.749. The van der Waals surface area contributed by atoms with Crippen molar-refractivity contribution in [1.29, 1.82) is 0 Å². The Morgan fingerprint density at radius 3 is 2.86 bits per heavy atom. The van der Waals surface area contributed by atoms with Crippen LogP contribution in [0.4, 0.5) is 4.39 Å². The molecule has 3 rings (SSSR count). The van der Waals surface area contributed by atoms with E-state index < -0.39 is 11.8 Å². The van der Waals surface area contributed by atoms with Crippen LogP contribution in [0, 0.1) is 12.7 Å². The molecule has 3 nitrogen and oxygen atoms in total. The second-order valence-electron chi connectivity index (χ2n) is 4.70. The molecule has 0 aliphatic rings. The van der Waals surface area contributed by atoms with Gasteiger partial charge in [-0.25, -0.2) is 9.37 Å². The molecule has 0 unspecified atom stereocenters. The number of hydrogen-bond acceptors (Lipinski definition) is 4. The SMILES string of the molecule is CC(=O)Oc1cccc(F)c1-c1nc2cc(C)ccc2s1. The van der Waals surface area contributed by atoms with Crippen molar-refractivity contribution in [2.45, 2.75) is 13.8 Å². The second kappa shape index (κ2) is 5.26. The first-order valence-corrected chi connectivity index (χ1v) is 7.21. The fourth-order valence-corrected chi connectivity index (χ4v) is 3.09. The number of nitrogens with zero attached hydrogens (tertiary/aromatic N) is 1. The van der Waals surface area contributed by atoms with E-state index >= 15 is 0 Å². The molecule has 1 heterocycles. The summed E-state index contributed by atoms with van der Waals surface area (Å²) in [7, 11) is 0. The third-order valence-electron chi connectivity index (χ3n) is 2.99. The van der Waals surface area contributed by atoms with Crippen LogP contribution in [0.5, 0.6) is 5.75 Å². The Balaban J connectivity index is 2.19. The number of hydrogen-bond donors (Lipinski definition) is 0. The lowest BCUT2D eigenvalue weighted by molar-refractivity contribution is -0.131. The normalized spacial score (nSPS) is 10.8. The minimum atomic E-state index is -0.487. The summed E-state index contributed by atoms with van der Waals surface area (Å²) >= 11 is 1.37. The highest BCUT2D eigenvalue weighted by atomic mass is 32.1. The van der Waals surface area contributed by atoms with Gasteiger partial charge in [0.25, 0.3) is 0 Å². The van der Waals surface area contributed by atoms with Gasteiger partial charge >= 0.3 is 5.97 Å². The number of aryl methyl sites for hydroxylation is 1. The van der Waals surface area contributed by atoms with E-state index in [1.165, 1.54) is 30.4 Å². The monoisotopic (exact) mass is 301 g/mol. The molecule has 1 aromatic heterocycles. The maximum Gasteiger partial charge on any atom is 0.308 e. The zero-order valence-electron chi connectivity index (χ0n) is 11.5. The Morgan fingerprint density at radius 1 is 1.29 bits per heavy atom. The quantitative estimate of drug-likeness (QED) is 0.522. The summed E-state index contributed by atoms with van der Waals surface area (Å²) in [6.07, 6.45) is 0. The lowest BCUT2D eigenvalue weighted by atomic mass is 10.2. The van der Waals surface area contributed by atoms with Crippen LogP contribution < -0.4 is 4.74 Å². The summed E-state index contributed by atoms with van der Waals surface area (Å²) in [4.78, 5) is 15.6. The van der Waals surface area contributed by atoms with E-state index in [0.717, 1.165) is 15.8 Å². The molecule has 0 spiro atoms. The summed E-state index contributed by atoms with van der Waals surface area (Å²) in [5, 5.41) is 0.505. The first kappa shape index (κ1) is 13.7. The van der Waals surface area contributed by atoms with Gasteiger partial charge in [-0.2, -0.15) is 0 Å². The number of benzene rings is 2. The van der Waals surface area contributed by atoms with Gasteiger partial charge in [0.1, 0.15) is 16.6 Å². The van der Waals surface area contributed by atoms with E-state index in [9.17, 15) is 9.18 Å². The molecule has 0 atom stereocenters. The molecule has 0 aliphatic heterocycles. The van der Waals surface area contributed by atoms with Crippen LogP contribution >= 0.6 is 11.3 Å². The number of fused-ring (bicyclic) bond motifs is 1. The highest BCUT2D eigenvalue weighted by molar-refractivity contribution is 7.21. The molecule has 0 fully saturated rings. The molecule has 0 bridgehead atoms. The van der Waals surface area contributed by atoms with Crippen LogP contribution in [0.1, 0.15) is 12.5 Å². The predicted octanol–water partition coefficient (Wildman–Crippen LogP) is 4.34. The smallest absolute Gasteiger partial charge is 0.308 e. The van der Waals surface area contributed by atoms with Gasteiger partial charge in [-0.1, -0.05) is 12.1 Å². The number of esters is 1. The van der Waals surface area contributed by atoms with Crippen LogP contribution in [0.25, 0.3) is 20.8 Å². The van der Waals surface area contributed by atoms with E-state index in [2.05, 4.69) is 4.98 Å². The van der Waals surface area contributed by atoms with Crippen LogP contribution in [0.2, 0.25) is 0 Å². The number of rotatable bonds is 2. The van der Waals surface area contributed by atoms with Gasteiger partial charge in [0.15, 0.2) is 0 Å². The number of ether oxygens (including phenoxy) is 1. The molecular weight excluding hydrogens is 289 g/mol. The molecule has 0 amide bonds. The molecule has 0 radical (unpaired) electrons. The average Bonchev–Trinajstić information content (AvgIpc) is 2.80. The summed E-state index contributed by atoms with van der Waals surface area (Å²) in [6, 6.07) is 10.3. The van der Waals surface area contributed by atoms with E-state index in [4.69, 9.17) is 4.74 Å². The minimum absolute atomic E-state index is 0.193. The van der Waals surface area contributed by atoms with Crippen LogP contribution in [0.3, 0.4) is 0 Å². The van der Waals surface area contributed by atoms with Gasteiger partial charge < -0.3 is 4.74 Å². The van der Waals surface area contributed by atoms with Crippen LogP contribution in [-0.2, 0) is 4.79 Å². The maximum absolute atomic E-state index is 14.2. The van der Waals surface area contributed by atoms with E-state index in [1.54, 1.807) is 6.07 Å². The number of thiazole rings is 1. The molecule has 5 heteroatoms. The molecule has 0 aliphatic carbocycles. The number of halogens is 1. The third kappa shape index (κ3) is 2.64. The van der Waals surface area contributed by atoms with Crippen molar-refractivity contribution in [1.82, 2.24) is 4.98 Å². The summed E-state index contributed by atoms with van der Waals surface area (Å²) in [6.45, 7) is 3.27. The van der Waals surface area contributed by atoms with Crippen LogP contribution in [-0.4, -0.2) is 11.0 Å². The summed E-state index contributed by atoms with van der Waals surface area (Å²) in [5.41, 5.74) is 2.13. The van der Waals surface area contributed by atoms with Gasteiger partial charge in [-0.3, -0.25) is 4.79 Å². The fourth-order valence-electron chi connectivity index (χ4n) is 2.10. The Labute approximate surface area is 125 Å². The van der Waals surface area contributed by atoms with E-state index in [0.29, 0.717) is 5.01 Å². The molecule has 0 N–H and O–H groups in total. The topological polar surface area (TPSA) is 39.2 Å². The molecule has 0 saturated carbocycles. The highest BCUT2D eigenvalue weighted by Gasteiger charge is 2.17. The fraction of sp³-hybridized carbons (Fsp3) is 0.125. The zero-order chi connectivity index (χ0) is 15.0. The van der Waals surface area contributed by atoms with Crippen LogP contribution in [0.15, 0.2) is 36.4 Å². The molecular formula is C16H12FNO2S. The van der Waals surface area contributed by atoms with Crippen molar-refractivity contribution >= 4 is 27.5 Å².